The molecular weight excluding hydrogens is 220 g/mol. The van der Waals surface area contributed by atoms with Crippen molar-refractivity contribution in [1.82, 2.24) is 0 Å². The van der Waals surface area contributed by atoms with Crippen LogP contribution in [0.15, 0.2) is 48.5 Å². The van der Waals surface area contributed by atoms with E-state index in [0.29, 0.717) is 5.56 Å². The molecular formula is C16H16N2. The number of rotatable bonds is 3. The smallest absolute Gasteiger partial charge is 0.0991 e. The Labute approximate surface area is 108 Å². The minimum absolute atomic E-state index is 0.697. The fourth-order valence-electron chi connectivity index (χ4n) is 1.97. The summed E-state index contributed by atoms with van der Waals surface area (Å²) >= 11 is 0. The molecule has 0 unspecified atom stereocenters. The van der Waals surface area contributed by atoms with Gasteiger partial charge in [-0.2, -0.15) is 5.26 Å². The molecule has 2 nitrogen and oxygen atoms in total. The molecule has 2 aromatic rings. The van der Waals surface area contributed by atoms with Gasteiger partial charge in [-0.05, 0) is 36.8 Å². The van der Waals surface area contributed by atoms with Crippen LogP contribution in [0.3, 0.4) is 0 Å². The van der Waals surface area contributed by atoms with Crippen molar-refractivity contribution in [3.8, 4) is 6.07 Å². The second-order valence-corrected chi connectivity index (χ2v) is 4.50. The number of benzene rings is 2. The molecule has 0 saturated heterocycles. The van der Waals surface area contributed by atoms with Crippen LogP contribution in [0.2, 0.25) is 0 Å². The lowest BCUT2D eigenvalue weighted by atomic mass is 10.1. The van der Waals surface area contributed by atoms with Crippen molar-refractivity contribution in [1.29, 1.82) is 5.26 Å². The van der Waals surface area contributed by atoms with E-state index in [1.54, 1.807) is 0 Å². The Morgan fingerprint density at radius 1 is 1.11 bits per heavy atom. The monoisotopic (exact) mass is 236 g/mol. The molecule has 0 aliphatic heterocycles. The average Bonchev–Trinajstić information content (AvgIpc) is 2.39. The van der Waals surface area contributed by atoms with Gasteiger partial charge in [0.1, 0.15) is 0 Å². The number of anilines is 1. The molecule has 0 fully saturated rings. The summed E-state index contributed by atoms with van der Waals surface area (Å²) in [6.07, 6.45) is 0. The molecule has 0 aliphatic rings. The molecule has 90 valence electrons. The lowest BCUT2D eigenvalue weighted by Gasteiger charge is -2.19. The number of nitrogens with zero attached hydrogens (tertiary/aromatic N) is 2. The zero-order valence-corrected chi connectivity index (χ0v) is 10.7. The SMILES string of the molecule is Cc1cccc(CN(C)c2ccc(C#N)cc2)c1. The highest BCUT2D eigenvalue weighted by Gasteiger charge is 2.02. The number of hydrogen-bond acceptors (Lipinski definition) is 2. The van der Waals surface area contributed by atoms with Crippen LogP contribution in [-0.2, 0) is 6.54 Å². The maximum Gasteiger partial charge on any atom is 0.0991 e. The van der Waals surface area contributed by atoms with Crippen LogP contribution < -0.4 is 4.90 Å². The minimum Gasteiger partial charge on any atom is -0.370 e. The predicted molar refractivity (Wildman–Crippen MR) is 74.4 cm³/mol. The number of hydrogen-bond donors (Lipinski definition) is 0. The minimum atomic E-state index is 0.697. The molecule has 0 amide bonds. The Kier molecular flexibility index (Phi) is 3.64. The van der Waals surface area contributed by atoms with Crippen LogP contribution in [0.4, 0.5) is 5.69 Å². The Hall–Kier alpha value is -2.27. The molecule has 2 heteroatoms. The van der Waals surface area contributed by atoms with E-state index >= 15 is 0 Å². The lowest BCUT2D eigenvalue weighted by Crippen LogP contribution is -2.16. The molecule has 0 bridgehead atoms. The van der Waals surface area contributed by atoms with Gasteiger partial charge in [0.05, 0.1) is 11.6 Å². The second-order valence-electron chi connectivity index (χ2n) is 4.50. The van der Waals surface area contributed by atoms with Crippen LogP contribution in [0.25, 0.3) is 0 Å². The van der Waals surface area contributed by atoms with Crippen LogP contribution in [-0.4, -0.2) is 7.05 Å². The molecule has 18 heavy (non-hydrogen) atoms. The van der Waals surface area contributed by atoms with Gasteiger partial charge < -0.3 is 4.90 Å². The van der Waals surface area contributed by atoms with Crippen molar-refractivity contribution >= 4 is 5.69 Å². The molecule has 0 aromatic heterocycles. The molecule has 0 aliphatic carbocycles. The quantitative estimate of drug-likeness (QED) is 0.815. The van der Waals surface area contributed by atoms with E-state index in [-0.39, 0.29) is 0 Å². The van der Waals surface area contributed by atoms with Gasteiger partial charge in [0.15, 0.2) is 0 Å². The largest absolute Gasteiger partial charge is 0.370 e. The van der Waals surface area contributed by atoms with Crippen LogP contribution in [0.1, 0.15) is 16.7 Å². The first-order valence-electron chi connectivity index (χ1n) is 5.96. The Morgan fingerprint density at radius 3 is 2.44 bits per heavy atom. The lowest BCUT2D eigenvalue weighted by molar-refractivity contribution is 0.921. The average molecular weight is 236 g/mol. The third kappa shape index (κ3) is 2.89. The van der Waals surface area contributed by atoms with E-state index in [4.69, 9.17) is 5.26 Å². The van der Waals surface area contributed by atoms with E-state index < -0.39 is 0 Å². The molecule has 2 rings (SSSR count). The summed E-state index contributed by atoms with van der Waals surface area (Å²) in [5, 5.41) is 8.77. The van der Waals surface area contributed by atoms with Crippen molar-refractivity contribution < 1.29 is 0 Å². The fourth-order valence-corrected chi connectivity index (χ4v) is 1.97. The molecule has 0 heterocycles. The van der Waals surface area contributed by atoms with Gasteiger partial charge in [0.2, 0.25) is 0 Å². The van der Waals surface area contributed by atoms with Gasteiger partial charge >= 0.3 is 0 Å². The first-order chi connectivity index (χ1) is 8.69. The summed E-state index contributed by atoms with van der Waals surface area (Å²) in [4.78, 5) is 2.18. The van der Waals surface area contributed by atoms with Crippen molar-refractivity contribution in [3.05, 3.63) is 65.2 Å². The van der Waals surface area contributed by atoms with E-state index in [1.165, 1.54) is 11.1 Å². The van der Waals surface area contributed by atoms with E-state index in [9.17, 15) is 0 Å². The van der Waals surface area contributed by atoms with Gasteiger partial charge in [-0.15, -0.1) is 0 Å². The Bertz CT molecular complexity index is 564. The molecule has 0 N–H and O–H groups in total. The van der Waals surface area contributed by atoms with E-state index in [0.717, 1.165) is 12.2 Å². The molecule has 0 saturated carbocycles. The Morgan fingerprint density at radius 2 is 1.83 bits per heavy atom. The number of aryl methyl sites for hydroxylation is 1. The third-order valence-corrected chi connectivity index (χ3v) is 2.94. The normalized spacial score (nSPS) is 9.83. The highest BCUT2D eigenvalue weighted by molar-refractivity contribution is 5.49. The van der Waals surface area contributed by atoms with Gasteiger partial charge in [-0.1, -0.05) is 29.8 Å². The molecule has 0 spiro atoms. The summed E-state index contributed by atoms with van der Waals surface area (Å²) in [5.74, 6) is 0. The first-order valence-corrected chi connectivity index (χ1v) is 5.96. The topological polar surface area (TPSA) is 27.0 Å². The highest BCUT2D eigenvalue weighted by atomic mass is 15.1. The van der Waals surface area contributed by atoms with Crippen molar-refractivity contribution in [2.24, 2.45) is 0 Å². The molecule has 0 atom stereocenters. The molecule has 2 aromatic carbocycles. The maximum absolute atomic E-state index is 8.77. The second kappa shape index (κ2) is 5.37. The summed E-state index contributed by atoms with van der Waals surface area (Å²) in [6, 6.07) is 18.3. The van der Waals surface area contributed by atoms with Gasteiger partial charge in [0.25, 0.3) is 0 Å². The van der Waals surface area contributed by atoms with Crippen LogP contribution in [0.5, 0.6) is 0 Å². The Balaban J connectivity index is 2.12. The van der Waals surface area contributed by atoms with Gasteiger partial charge in [0, 0.05) is 19.3 Å². The first kappa shape index (κ1) is 12.2. The summed E-state index contributed by atoms with van der Waals surface area (Å²) in [7, 11) is 2.06. The van der Waals surface area contributed by atoms with Crippen LogP contribution >= 0.6 is 0 Å². The van der Waals surface area contributed by atoms with E-state index in [1.807, 2.05) is 24.3 Å². The van der Waals surface area contributed by atoms with Crippen molar-refractivity contribution in [3.63, 3.8) is 0 Å². The summed E-state index contributed by atoms with van der Waals surface area (Å²) < 4.78 is 0. The number of nitriles is 1. The molecule has 0 radical (unpaired) electrons. The zero-order chi connectivity index (χ0) is 13.0. The van der Waals surface area contributed by atoms with Crippen molar-refractivity contribution in [2.75, 3.05) is 11.9 Å². The summed E-state index contributed by atoms with van der Waals surface area (Å²) in [5.41, 5.74) is 4.39. The van der Waals surface area contributed by atoms with E-state index in [2.05, 4.69) is 49.2 Å². The third-order valence-electron chi connectivity index (χ3n) is 2.94. The zero-order valence-electron chi connectivity index (χ0n) is 10.7. The van der Waals surface area contributed by atoms with Crippen LogP contribution in [0, 0.1) is 18.3 Å². The fraction of sp³-hybridized carbons (Fsp3) is 0.188. The predicted octanol–water partition coefficient (Wildman–Crippen LogP) is 3.50. The van der Waals surface area contributed by atoms with Gasteiger partial charge in [-0.3, -0.25) is 0 Å². The maximum atomic E-state index is 8.77. The van der Waals surface area contributed by atoms with Gasteiger partial charge in [-0.25, -0.2) is 0 Å². The highest BCUT2D eigenvalue weighted by Crippen LogP contribution is 2.16. The van der Waals surface area contributed by atoms with Crippen molar-refractivity contribution in [2.45, 2.75) is 13.5 Å². The summed E-state index contributed by atoms with van der Waals surface area (Å²) in [6.45, 7) is 2.97. The standard InChI is InChI=1S/C16H16N2/c1-13-4-3-5-15(10-13)12-18(2)16-8-6-14(11-17)7-9-16/h3-10H,12H2,1-2H3.